The van der Waals surface area contributed by atoms with Gasteiger partial charge in [0, 0.05) is 11.6 Å². The van der Waals surface area contributed by atoms with Crippen LogP contribution in [0, 0.1) is 0 Å². The zero-order chi connectivity index (χ0) is 10.8. The Hall–Kier alpha value is -1.06. The van der Waals surface area contributed by atoms with Crippen molar-refractivity contribution >= 4 is 17.6 Å². The lowest BCUT2D eigenvalue weighted by Gasteiger charge is -2.24. The van der Waals surface area contributed by atoms with Gasteiger partial charge in [-0.3, -0.25) is 4.79 Å². The van der Waals surface area contributed by atoms with E-state index in [4.69, 9.17) is 16.3 Å². The molecule has 0 saturated carbocycles. The van der Waals surface area contributed by atoms with E-state index in [9.17, 15) is 4.79 Å². The average Bonchev–Trinajstić information content (AvgIpc) is 2.27. The van der Waals surface area contributed by atoms with E-state index < -0.39 is 0 Å². The number of ether oxygens (including phenoxy) is 1. The zero-order valence-corrected chi connectivity index (χ0v) is 9.17. The molecule has 0 fully saturated rings. The van der Waals surface area contributed by atoms with E-state index in [-0.39, 0.29) is 12.0 Å². The van der Waals surface area contributed by atoms with E-state index in [0.29, 0.717) is 13.0 Å². The van der Waals surface area contributed by atoms with Crippen molar-refractivity contribution < 1.29 is 9.53 Å². The highest BCUT2D eigenvalue weighted by atomic mass is 35.5. The Labute approximate surface area is 93.4 Å². The molecule has 1 aromatic carbocycles. The summed E-state index contributed by atoms with van der Waals surface area (Å²) in [6, 6.07) is 5.51. The van der Waals surface area contributed by atoms with Crippen LogP contribution in [0.3, 0.4) is 0 Å². The highest BCUT2D eigenvalue weighted by Crippen LogP contribution is 2.21. The van der Waals surface area contributed by atoms with Gasteiger partial charge < -0.3 is 10.1 Å². The van der Waals surface area contributed by atoms with Gasteiger partial charge in [0.15, 0.2) is 0 Å². The van der Waals surface area contributed by atoms with Gasteiger partial charge in [-0.05, 0) is 29.7 Å². The van der Waals surface area contributed by atoms with Crippen LogP contribution in [-0.4, -0.2) is 19.1 Å². The Balaban J connectivity index is 2.20. The molecule has 0 amide bonds. The highest BCUT2D eigenvalue weighted by molar-refractivity contribution is 6.30. The SMILES string of the molecule is COC(=O)[C@@H]1Cc2ccc(Cl)cc2CN1. The van der Waals surface area contributed by atoms with Gasteiger partial charge >= 0.3 is 5.97 Å². The summed E-state index contributed by atoms with van der Waals surface area (Å²) in [4.78, 5) is 11.3. The van der Waals surface area contributed by atoms with Crippen LogP contribution in [-0.2, 0) is 22.5 Å². The molecule has 1 aromatic rings. The minimum absolute atomic E-state index is 0.212. The Kier molecular flexibility index (Phi) is 2.93. The number of carbonyl (C=O) groups is 1. The van der Waals surface area contributed by atoms with Crippen molar-refractivity contribution in [1.29, 1.82) is 0 Å². The molecule has 3 nitrogen and oxygen atoms in total. The number of carbonyl (C=O) groups excluding carboxylic acids is 1. The van der Waals surface area contributed by atoms with Crippen molar-refractivity contribution in [2.24, 2.45) is 0 Å². The fourth-order valence-corrected chi connectivity index (χ4v) is 1.99. The van der Waals surface area contributed by atoms with E-state index in [0.717, 1.165) is 16.1 Å². The molecule has 0 bridgehead atoms. The number of halogens is 1. The molecule has 0 aromatic heterocycles. The normalized spacial score (nSPS) is 19.5. The highest BCUT2D eigenvalue weighted by Gasteiger charge is 2.24. The van der Waals surface area contributed by atoms with E-state index in [1.807, 2.05) is 18.2 Å². The molecule has 4 heteroatoms. The molecule has 1 heterocycles. The van der Waals surface area contributed by atoms with Gasteiger partial charge in [0.25, 0.3) is 0 Å². The Morgan fingerprint density at radius 3 is 3.07 bits per heavy atom. The fraction of sp³-hybridized carbons (Fsp3) is 0.364. The summed E-state index contributed by atoms with van der Waals surface area (Å²) in [7, 11) is 1.40. The summed E-state index contributed by atoms with van der Waals surface area (Å²) >= 11 is 5.88. The maximum Gasteiger partial charge on any atom is 0.323 e. The molecule has 15 heavy (non-hydrogen) atoms. The average molecular weight is 226 g/mol. The topological polar surface area (TPSA) is 38.3 Å². The third-order valence-electron chi connectivity index (χ3n) is 2.62. The second-order valence-corrected chi connectivity index (χ2v) is 4.01. The van der Waals surface area contributed by atoms with E-state index in [2.05, 4.69) is 5.32 Å². The summed E-state index contributed by atoms with van der Waals surface area (Å²) in [5.74, 6) is -0.212. The largest absolute Gasteiger partial charge is 0.468 e. The van der Waals surface area contributed by atoms with Crippen LogP contribution < -0.4 is 5.32 Å². The minimum Gasteiger partial charge on any atom is -0.468 e. The van der Waals surface area contributed by atoms with Gasteiger partial charge in [-0.2, -0.15) is 0 Å². The Bertz CT molecular complexity index is 392. The van der Waals surface area contributed by atoms with Crippen LogP contribution in [0.15, 0.2) is 18.2 Å². The van der Waals surface area contributed by atoms with E-state index in [1.54, 1.807) is 0 Å². The van der Waals surface area contributed by atoms with E-state index in [1.165, 1.54) is 7.11 Å². The summed E-state index contributed by atoms with van der Waals surface area (Å²) in [6.07, 6.45) is 0.666. The summed E-state index contributed by atoms with van der Waals surface area (Å²) in [5, 5.41) is 3.85. The standard InChI is InChI=1S/C11H12ClNO2/c1-15-11(14)10-5-7-2-3-9(12)4-8(7)6-13-10/h2-4,10,13H,5-6H2,1H3/t10-/m0/s1. The predicted molar refractivity (Wildman–Crippen MR) is 57.8 cm³/mol. The molecule has 0 aliphatic carbocycles. The number of esters is 1. The molecule has 0 saturated heterocycles. The molecule has 0 unspecified atom stereocenters. The van der Waals surface area contributed by atoms with Crippen molar-refractivity contribution in [3.8, 4) is 0 Å². The first-order valence-electron chi connectivity index (χ1n) is 4.79. The monoisotopic (exact) mass is 225 g/mol. The quantitative estimate of drug-likeness (QED) is 0.737. The maximum absolute atomic E-state index is 11.3. The lowest BCUT2D eigenvalue weighted by atomic mass is 9.96. The van der Waals surface area contributed by atoms with Crippen molar-refractivity contribution in [2.75, 3.05) is 7.11 Å². The number of hydrogen-bond acceptors (Lipinski definition) is 3. The number of rotatable bonds is 1. The van der Waals surface area contributed by atoms with Crippen LogP contribution in [0.25, 0.3) is 0 Å². The first kappa shape index (κ1) is 10.5. The molecule has 1 aliphatic rings. The number of benzene rings is 1. The van der Waals surface area contributed by atoms with Gasteiger partial charge in [-0.15, -0.1) is 0 Å². The summed E-state index contributed by atoms with van der Waals surface area (Å²) in [6.45, 7) is 0.662. The minimum atomic E-state index is -0.233. The smallest absolute Gasteiger partial charge is 0.323 e. The lowest BCUT2D eigenvalue weighted by molar-refractivity contribution is -0.143. The second kappa shape index (κ2) is 4.21. The molecule has 2 rings (SSSR count). The van der Waals surface area contributed by atoms with Crippen LogP contribution >= 0.6 is 11.6 Å². The summed E-state index contributed by atoms with van der Waals surface area (Å²) < 4.78 is 4.70. The third kappa shape index (κ3) is 2.13. The Morgan fingerprint density at radius 1 is 1.53 bits per heavy atom. The number of hydrogen-bond donors (Lipinski definition) is 1. The number of methoxy groups -OCH3 is 1. The first-order chi connectivity index (χ1) is 7.20. The molecule has 80 valence electrons. The van der Waals surface area contributed by atoms with Crippen molar-refractivity contribution in [3.63, 3.8) is 0 Å². The van der Waals surface area contributed by atoms with Crippen LogP contribution in [0.2, 0.25) is 5.02 Å². The molecular formula is C11H12ClNO2. The fourth-order valence-electron chi connectivity index (χ4n) is 1.79. The van der Waals surface area contributed by atoms with Gasteiger partial charge in [-0.1, -0.05) is 17.7 Å². The van der Waals surface area contributed by atoms with Crippen LogP contribution in [0.1, 0.15) is 11.1 Å². The van der Waals surface area contributed by atoms with Crippen molar-refractivity contribution in [2.45, 2.75) is 19.0 Å². The third-order valence-corrected chi connectivity index (χ3v) is 2.85. The van der Waals surface area contributed by atoms with E-state index >= 15 is 0 Å². The molecular weight excluding hydrogens is 214 g/mol. The molecule has 1 atom stereocenters. The van der Waals surface area contributed by atoms with Gasteiger partial charge in [0.1, 0.15) is 6.04 Å². The van der Waals surface area contributed by atoms with Gasteiger partial charge in [-0.25, -0.2) is 0 Å². The lowest BCUT2D eigenvalue weighted by Crippen LogP contribution is -2.42. The molecule has 0 radical (unpaired) electrons. The summed E-state index contributed by atoms with van der Waals surface area (Å²) in [5.41, 5.74) is 2.32. The first-order valence-corrected chi connectivity index (χ1v) is 5.17. The zero-order valence-electron chi connectivity index (χ0n) is 8.42. The van der Waals surface area contributed by atoms with Crippen molar-refractivity contribution in [1.82, 2.24) is 5.32 Å². The van der Waals surface area contributed by atoms with Gasteiger partial charge in [0.05, 0.1) is 7.11 Å². The van der Waals surface area contributed by atoms with Gasteiger partial charge in [0.2, 0.25) is 0 Å². The molecule has 1 aliphatic heterocycles. The predicted octanol–water partition coefficient (Wildman–Crippen LogP) is 1.53. The second-order valence-electron chi connectivity index (χ2n) is 3.57. The number of nitrogens with one attached hydrogen (secondary N) is 1. The Morgan fingerprint density at radius 2 is 2.33 bits per heavy atom. The maximum atomic E-state index is 11.3. The van der Waals surface area contributed by atoms with Crippen LogP contribution in [0.5, 0.6) is 0 Å². The van der Waals surface area contributed by atoms with Crippen molar-refractivity contribution in [3.05, 3.63) is 34.3 Å². The molecule has 0 spiro atoms. The van der Waals surface area contributed by atoms with Crippen LogP contribution in [0.4, 0.5) is 0 Å². The molecule has 1 N–H and O–H groups in total. The number of fused-ring (bicyclic) bond motifs is 1.